The van der Waals surface area contributed by atoms with Crippen LogP contribution in [0.5, 0.6) is 11.5 Å². The monoisotopic (exact) mass is 341 g/mol. The molecule has 0 aliphatic rings. The molecule has 132 valence electrons. The first kappa shape index (κ1) is 18.3. The molecule has 1 amide bonds. The second-order valence-electron chi connectivity index (χ2n) is 5.58. The van der Waals surface area contributed by atoms with Crippen LogP contribution in [-0.2, 0) is 4.79 Å². The first-order valence-corrected chi connectivity index (χ1v) is 8.07. The number of anilines is 1. The molecule has 0 aliphatic heterocycles. The van der Waals surface area contributed by atoms with Crippen LogP contribution in [0.3, 0.4) is 0 Å². The second-order valence-corrected chi connectivity index (χ2v) is 5.58. The van der Waals surface area contributed by atoms with E-state index in [4.69, 9.17) is 4.74 Å². The Morgan fingerprint density at radius 3 is 2.80 bits per heavy atom. The highest BCUT2D eigenvalue weighted by Crippen LogP contribution is 2.19. The lowest BCUT2D eigenvalue weighted by molar-refractivity contribution is -0.121. The topological polar surface area (TPSA) is 83.0 Å². The summed E-state index contributed by atoms with van der Waals surface area (Å²) >= 11 is 0. The predicted octanol–water partition coefficient (Wildman–Crippen LogP) is 3.05. The van der Waals surface area contributed by atoms with Gasteiger partial charge in [-0.25, -0.2) is 5.43 Å². The third kappa shape index (κ3) is 4.97. The third-order valence-electron chi connectivity index (χ3n) is 3.78. The number of hydrazone groups is 1. The van der Waals surface area contributed by atoms with Crippen molar-refractivity contribution in [1.29, 1.82) is 0 Å². The highest BCUT2D eigenvalue weighted by Gasteiger charge is 2.15. The van der Waals surface area contributed by atoms with Crippen LogP contribution in [0.1, 0.15) is 24.5 Å². The molecule has 2 rings (SSSR count). The molecule has 3 N–H and O–H groups in total. The van der Waals surface area contributed by atoms with Crippen molar-refractivity contribution in [2.45, 2.75) is 26.3 Å². The number of para-hydroxylation sites is 1. The number of ether oxygens (including phenoxy) is 1. The summed E-state index contributed by atoms with van der Waals surface area (Å²) < 4.78 is 5.18. The van der Waals surface area contributed by atoms with E-state index < -0.39 is 6.04 Å². The maximum absolute atomic E-state index is 12.3. The van der Waals surface area contributed by atoms with Gasteiger partial charge in [0.15, 0.2) is 0 Å². The standard InChI is InChI=1S/C19H23N3O3/c1-4-17(21-15-9-6-10-16(11-15)25-3)19(24)22-20-12-14-8-5-7-13(2)18(14)23/h5-12,17,21,23H,4H2,1-3H3,(H,22,24). The van der Waals surface area contributed by atoms with Crippen molar-refractivity contribution in [2.24, 2.45) is 5.10 Å². The molecule has 2 aromatic rings. The fraction of sp³-hybridized carbons (Fsp3) is 0.263. The van der Waals surface area contributed by atoms with Crippen LogP contribution in [0.2, 0.25) is 0 Å². The van der Waals surface area contributed by atoms with Gasteiger partial charge in [-0.1, -0.05) is 25.1 Å². The molecule has 6 heteroatoms. The molecule has 0 aliphatic carbocycles. The zero-order valence-electron chi connectivity index (χ0n) is 14.6. The minimum Gasteiger partial charge on any atom is -0.507 e. The Balaban J connectivity index is 1.99. The number of carbonyl (C=O) groups is 1. The summed E-state index contributed by atoms with van der Waals surface area (Å²) in [5.41, 5.74) is 4.60. The second kappa shape index (κ2) is 8.73. The lowest BCUT2D eigenvalue weighted by Gasteiger charge is -2.16. The van der Waals surface area contributed by atoms with Gasteiger partial charge in [0.2, 0.25) is 0 Å². The SMILES string of the molecule is CCC(Nc1cccc(OC)c1)C(=O)NN=Cc1cccc(C)c1O. The van der Waals surface area contributed by atoms with Crippen molar-refractivity contribution in [3.8, 4) is 11.5 Å². The summed E-state index contributed by atoms with van der Waals surface area (Å²) in [5.74, 6) is 0.615. The number of nitrogens with one attached hydrogen (secondary N) is 2. The van der Waals surface area contributed by atoms with Crippen molar-refractivity contribution in [1.82, 2.24) is 5.43 Å². The van der Waals surface area contributed by atoms with Crippen LogP contribution in [0.15, 0.2) is 47.6 Å². The van der Waals surface area contributed by atoms with Gasteiger partial charge in [-0.3, -0.25) is 4.79 Å². The average molecular weight is 341 g/mol. The van der Waals surface area contributed by atoms with E-state index in [1.54, 1.807) is 26.2 Å². The highest BCUT2D eigenvalue weighted by atomic mass is 16.5. The number of methoxy groups -OCH3 is 1. The number of phenolic OH excluding ortho intramolecular Hbond substituents is 1. The lowest BCUT2D eigenvalue weighted by atomic mass is 10.1. The highest BCUT2D eigenvalue weighted by molar-refractivity contribution is 5.88. The maximum atomic E-state index is 12.3. The molecule has 0 aromatic heterocycles. The first-order valence-electron chi connectivity index (χ1n) is 8.07. The zero-order chi connectivity index (χ0) is 18.2. The predicted molar refractivity (Wildman–Crippen MR) is 99.3 cm³/mol. The number of aryl methyl sites for hydroxylation is 1. The molecule has 1 atom stereocenters. The van der Waals surface area contributed by atoms with Gasteiger partial charge < -0.3 is 15.2 Å². The van der Waals surface area contributed by atoms with Gasteiger partial charge >= 0.3 is 0 Å². The lowest BCUT2D eigenvalue weighted by Crippen LogP contribution is -2.36. The third-order valence-corrected chi connectivity index (χ3v) is 3.78. The van der Waals surface area contributed by atoms with Crippen LogP contribution in [0.4, 0.5) is 5.69 Å². The van der Waals surface area contributed by atoms with Crippen molar-refractivity contribution in [3.63, 3.8) is 0 Å². The largest absolute Gasteiger partial charge is 0.507 e. The van der Waals surface area contributed by atoms with Crippen molar-refractivity contribution < 1.29 is 14.6 Å². The molecular formula is C19H23N3O3. The van der Waals surface area contributed by atoms with E-state index in [0.717, 1.165) is 11.3 Å². The Hall–Kier alpha value is -3.02. The molecule has 0 fully saturated rings. The fourth-order valence-electron chi connectivity index (χ4n) is 2.30. The Morgan fingerprint density at radius 2 is 2.08 bits per heavy atom. The average Bonchev–Trinajstić information content (AvgIpc) is 2.63. The molecule has 6 nitrogen and oxygen atoms in total. The number of amides is 1. The van der Waals surface area contributed by atoms with E-state index in [1.807, 2.05) is 37.3 Å². The molecule has 0 saturated heterocycles. The molecule has 0 bridgehead atoms. The van der Waals surface area contributed by atoms with E-state index in [0.29, 0.717) is 17.7 Å². The van der Waals surface area contributed by atoms with Crippen molar-refractivity contribution >= 4 is 17.8 Å². The Labute approximate surface area is 147 Å². The van der Waals surface area contributed by atoms with E-state index >= 15 is 0 Å². The van der Waals surface area contributed by atoms with Crippen molar-refractivity contribution in [2.75, 3.05) is 12.4 Å². The molecule has 2 aromatic carbocycles. The number of nitrogens with zero attached hydrogens (tertiary/aromatic N) is 1. The Kier molecular flexibility index (Phi) is 6.39. The van der Waals surface area contributed by atoms with Gasteiger partial charge in [0.25, 0.3) is 5.91 Å². The smallest absolute Gasteiger partial charge is 0.262 e. The molecule has 0 heterocycles. The molecule has 0 saturated carbocycles. The summed E-state index contributed by atoms with van der Waals surface area (Å²) in [6.07, 6.45) is 2.02. The van der Waals surface area contributed by atoms with Gasteiger partial charge in [0.05, 0.1) is 13.3 Å². The van der Waals surface area contributed by atoms with Gasteiger partial charge in [0, 0.05) is 17.3 Å². The van der Waals surface area contributed by atoms with Gasteiger partial charge in [0.1, 0.15) is 17.5 Å². The number of carbonyl (C=O) groups excluding carboxylic acids is 1. The van der Waals surface area contributed by atoms with E-state index in [9.17, 15) is 9.90 Å². The van der Waals surface area contributed by atoms with Gasteiger partial charge in [-0.05, 0) is 37.1 Å². The Bertz CT molecular complexity index is 759. The van der Waals surface area contributed by atoms with E-state index in [-0.39, 0.29) is 11.7 Å². The summed E-state index contributed by atoms with van der Waals surface area (Å²) in [4.78, 5) is 12.3. The van der Waals surface area contributed by atoms with Crippen molar-refractivity contribution in [3.05, 3.63) is 53.6 Å². The Morgan fingerprint density at radius 1 is 1.32 bits per heavy atom. The van der Waals surface area contributed by atoms with Crippen LogP contribution in [0.25, 0.3) is 0 Å². The molecule has 0 radical (unpaired) electrons. The summed E-state index contributed by atoms with van der Waals surface area (Å²) in [6.45, 7) is 3.71. The fourth-order valence-corrected chi connectivity index (χ4v) is 2.30. The summed E-state index contributed by atoms with van der Waals surface area (Å²) in [6, 6.07) is 12.3. The molecule has 1 unspecified atom stereocenters. The van der Waals surface area contributed by atoms with Crippen LogP contribution >= 0.6 is 0 Å². The maximum Gasteiger partial charge on any atom is 0.262 e. The minimum absolute atomic E-state index is 0.155. The van der Waals surface area contributed by atoms with Crippen LogP contribution in [-0.4, -0.2) is 30.4 Å². The number of phenols is 1. The first-order chi connectivity index (χ1) is 12.0. The quantitative estimate of drug-likeness (QED) is 0.534. The zero-order valence-corrected chi connectivity index (χ0v) is 14.6. The number of aromatic hydroxyl groups is 1. The van der Waals surface area contributed by atoms with Gasteiger partial charge in [-0.2, -0.15) is 5.10 Å². The summed E-state index contributed by atoms with van der Waals surface area (Å²) in [7, 11) is 1.60. The molecule has 0 spiro atoms. The minimum atomic E-state index is -0.435. The van der Waals surface area contributed by atoms with E-state index in [1.165, 1.54) is 6.21 Å². The van der Waals surface area contributed by atoms with Crippen LogP contribution < -0.4 is 15.5 Å². The summed E-state index contributed by atoms with van der Waals surface area (Å²) in [5, 5.41) is 17.0. The number of hydrogen-bond donors (Lipinski definition) is 3. The molecular weight excluding hydrogens is 318 g/mol. The van der Waals surface area contributed by atoms with Crippen LogP contribution in [0, 0.1) is 6.92 Å². The molecule has 25 heavy (non-hydrogen) atoms. The number of rotatable bonds is 7. The van der Waals surface area contributed by atoms with E-state index in [2.05, 4.69) is 15.8 Å². The number of hydrogen-bond acceptors (Lipinski definition) is 5. The normalized spacial score (nSPS) is 12.0. The van der Waals surface area contributed by atoms with Gasteiger partial charge in [-0.15, -0.1) is 0 Å². The number of benzene rings is 2.